The van der Waals surface area contributed by atoms with Crippen LogP contribution in [-0.4, -0.2) is 71.8 Å². The average Bonchev–Trinajstić information content (AvgIpc) is 3.07. The number of ether oxygens (including phenoxy) is 2. The first kappa shape index (κ1) is 23.8. The summed E-state index contributed by atoms with van der Waals surface area (Å²) < 4.78 is 14.0. The van der Waals surface area contributed by atoms with E-state index in [1.807, 2.05) is 74.0 Å². The Bertz CT molecular complexity index is 752. The Kier molecular flexibility index (Phi) is 9.56. The number of rotatable bonds is 12. The third-order valence-electron chi connectivity index (χ3n) is 4.64. The highest BCUT2D eigenvalue weighted by Gasteiger charge is 2.13. The first-order valence-electron chi connectivity index (χ1n) is 9.73. The Morgan fingerprint density at radius 1 is 0.966 bits per heavy atom. The van der Waals surface area contributed by atoms with E-state index < -0.39 is 0 Å². The van der Waals surface area contributed by atoms with Crippen LogP contribution in [-0.2, 0) is 13.5 Å². The van der Waals surface area contributed by atoms with Crippen molar-refractivity contribution in [3.63, 3.8) is 0 Å². The van der Waals surface area contributed by atoms with E-state index in [4.69, 9.17) is 32.7 Å². The lowest BCUT2D eigenvalue weighted by atomic mass is 10.1. The molecule has 0 N–H and O–H groups in total. The molecule has 0 fully saturated rings. The predicted octanol–water partition coefficient (Wildman–Crippen LogP) is 3.80. The van der Waals surface area contributed by atoms with Crippen LogP contribution in [0.1, 0.15) is 24.2 Å². The second kappa shape index (κ2) is 11.6. The van der Waals surface area contributed by atoms with Gasteiger partial charge in [0.2, 0.25) is 0 Å². The molecule has 0 saturated carbocycles. The molecule has 0 aliphatic rings. The lowest BCUT2D eigenvalue weighted by Gasteiger charge is -2.20. The molecule has 0 aliphatic carbocycles. The van der Waals surface area contributed by atoms with Crippen molar-refractivity contribution in [2.75, 3.05) is 41.4 Å². The summed E-state index contributed by atoms with van der Waals surface area (Å²) in [5, 5.41) is 0. The van der Waals surface area contributed by atoms with E-state index in [0.717, 1.165) is 23.6 Å². The highest BCUT2D eigenvalue weighted by atomic mass is 35.5. The number of hydrogen-bond acceptors (Lipinski definition) is 5. The fraction of sp³-hybridized carbons (Fsp3) is 0.571. The molecule has 2 atom stereocenters. The number of aryl methyl sites for hydroxylation is 1. The van der Waals surface area contributed by atoms with E-state index in [-0.39, 0.29) is 11.0 Å². The molecule has 0 bridgehead atoms. The van der Waals surface area contributed by atoms with E-state index >= 15 is 0 Å². The molecule has 2 aromatic rings. The molecule has 0 saturated heterocycles. The molecule has 0 spiro atoms. The van der Waals surface area contributed by atoms with Crippen LogP contribution in [0.15, 0.2) is 30.6 Å². The van der Waals surface area contributed by atoms with Gasteiger partial charge in [-0.3, -0.25) is 9.80 Å². The van der Waals surface area contributed by atoms with Crippen LogP contribution in [0.5, 0.6) is 11.5 Å². The molecule has 0 aliphatic heterocycles. The van der Waals surface area contributed by atoms with E-state index in [1.165, 1.54) is 0 Å². The van der Waals surface area contributed by atoms with Gasteiger partial charge in [0.15, 0.2) is 11.5 Å². The second-order valence-corrected chi connectivity index (χ2v) is 8.49. The standard InChI is InChI=1S/C21H32Cl2N4O2/c1-25(2)19(22)8-12-28-17-7-6-16(15-21-24-10-11-27(21)5)14-18(17)29-13-9-20(23)26(3)4/h6-7,10-11,14,19-20H,8-9,12-13,15H2,1-5H3. The SMILES string of the molecule is CN(C)C(Cl)CCOc1ccc(Cc2nccn2C)cc1OCCC(Cl)N(C)C. The maximum Gasteiger partial charge on any atom is 0.161 e. The van der Waals surface area contributed by atoms with E-state index in [2.05, 4.69) is 4.98 Å². The van der Waals surface area contributed by atoms with Crippen LogP contribution >= 0.6 is 23.2 Å². The summed E-state index contributed by atoms with van der Waals surface area (Å²) in [7, 11) is 9.80. The third kappa shape index (κ3) is 7.70. The van der Waals surface area contributed by atoms with Crippen LogP contribution < -0.4 is 9.47 Å². The molecular weight excluding hydrogens is 411 g/mol. The fourth-order valence-corrected chi connectivity index (χ4v) is 2.87. The molecule has 0 amide bonds. The molecule has 0 radical (unpaired) electrons. The summed E-state index contributed by atoms with van der Waals surface area (Å²) in [6, 6.07) is 6.02. The predicted molar refractivity (Wildman–Crippen MR) is 119 cm³/mol. The van der Waals surface area contributed by atoms with Gasteiger partial charge in [0.25, 0.3) is 0 Å². The number of benzene rings is 1. The molecular formula is C21H32Cl2N4O2. The van der Waals surface area contributed by atoms with E-state index in [1.54, 1.807) is 6.20 Å². The lowest BCUT2D eigenvalue weighted by Crippen LogP contribution is -2.24. The summed E-state index contributed by atoms with van der Waals surface area (Å²) in [4.78, 5) is 8.32. The van der Waals surface area contributed by atoms with Gasteiger partial charge in [-0.1, -0.05) is 6.07 Å². The Hall–Kier alpha value is -1.47. The quantitative estimate of drug-likeness (QED) is 0.369. The number of halogens is 2. The highest BCUT2D eigenvalue weighted by molar-refractivity contribution is 6.20. The van der Waals surface area contributed by atoms with Crippen molar-refractivity contribution in [1.82, 2.24) is 19.4 Å². The van der Waals surface area contributed by atoms with E-state index in [9.17, 15) is 0 Å². The molecule has 2 rings (SSSR count). The molecule has 8 heteroatoms. The van der Waals surface area contributed by atoms with Crippen molar-refractivity contribution in [3.05, 3.63) is 42.0 Å². The molecule has 162 valence electrons. The monoisotopic (exact) mass is 442 g/mol. The van der Waals surface area contributed by atoms with Gasteiger partial charge in [-0.05, 0) is 45.9 Å². The van der Waals surface area contributed by atoms with Gasteiger partial charge in [-0.25, -0.2) is 4.98 Å². The van der Waals surface area contributed by atoms with Crippen molar-refractivity contribution in [2.45, 2.75) is 30.3 Å². The molecule has 1 heterocycles. The summed E-state index contributed by atoms with van der Waals surface area (Å²) in [5.74, 6) is 2.43. The third-order valence-corrected chi connectivity index (χ3v) is 5.86. The molecule has 1 aromatic heterocycles. The van der Waals surface area contributed by atoms with Gasteiger partial charge < -0.3 is 14.0 Å². The average molecular weight is 443 g/mol. The largest absolute Gasteiger partial charge is 0.490 e. The number of alkyl halides is 2. The van der Waals surface area contributed by atoms with Gasteiger partial charge in [-0.2, -0.15) is 0 Å². The molecule has 6 nitrogen and oxygen atoms in total. The van der Waals surface area contributed by atoms with Gasteiger partial charge in [0, 0.05) is 38.7 Å². The summed E-state index contributed by atoms with van der Waals surface area (Å²) in [5.41, 5.74) is 0.964. The second-order valence-electron chi connectivity index (χ2n) is 7.48. The Balaban J connectivity index is 2.07. The summed E-state index contributed by atoms with van der Waals surface area (Å²) in [6.07, 6.45) is 5.90. The van der Waals surface area contributed by atoms with Gasteiger partial charge >= 0.3 is 0 Å². The minimum atomic E-state index is -0.0767. The van der Waals surface area contributed by atoms with Crippen molar-refractivity contribution in [3.8, 4) is 11.5 Å². The number of hydrogen-bond donors (Lipinski definition) is 0. The normalized spacial score (nSPS) is 13.7. The molecule has 29 heavy (non-hydrogen) atoms. The maximum atomic E-state index is 6.30. The summed E-state index contributed by atoms with van der Waals surface area (Å²) in [6.45, 7) is 1.02. The zero-order chi connectivity index (χ0) is 21.4. The van der Waals surface area contributed by atoms with Crippen LogP contribution in [0.3, 0.4) is 0 Å². The lowest BCUT2D eigenvalue weighted by molar-refractivity contribution is 0.233. The topological polar surface area (TPSA) is 42.8 Å². The smallest absolute Gasteiger partial charge is 0.161 e. The number of aromatic nitrogens is 2. The van der Waals surface area contributed by atoms with Crippen molar-refractivity contribution >= 4 is 23.2 Å². The Morgan fingerprint density at radius 2 is 1.55 bits per heavy atom. The van der Waals surface area contributed by atoms with Crippen LogP contribution in [0.25, 0.3) is 0 Å². The minimum Gasteiger partial charge on any atom is -0.490 e. The first-order chi connectivity index (χ1) is 13.8. The number of nitrogens with zero attached hydrogens (tertiary/aromatic N) is 4. The van der Waals surface area contributed by atoms with Crippen LogP contribution in [0.4, 0.5) is 0 Å². The van der Waals surface area contributed by atoms with Gasteiger partial charge in [-0.15, -0.1) is 23.2 Å². The van der Waals surface area contributed by atoms with Crippen LogP contribution in [0, 0.1) is 0 Å². The van der Waals surface area contributed by atoms with Crippen molar-refractivity contribution < 1.29 is 9.47 Å². The van der Waals surface area contributed by atoms with Crippen LogP contribution in [0.2, 0.25) is 0 Å². The van der Waals surface area contributed by atoms with Gasteiger partial charge in [0.1, 0.15) is 5.82 Å². The zero-order valence-corrected chi connectivity index (χ0v) is 19.5. The highest BCUT2D eigenvalue weighted by Crippen LogP contribution is 2.30. The zero-order valence-electron chi connectivity index (χ0n) is 17.9. The van der Waals surface area contributed by atoms with Crippen molar-refractivity contribution in [1.29, 1.82) is 0 Å². The Labute approximate surface area is 184 Å². The Morgan fingerprint density at radius 3 is 2.07 bits per heavy atom. The maximum absolute atomic E-state index is 6.30. The van der Waals surface area contributed by atoms with E-state index in [0.29, 0.717) is 31.8 Å². The first-order valence-corrected chi connectivity index (χ1v) is 10.6. The molecule has 2 unspecified atom stereocenters. The fourth-order valence-electron chi connectivity index (χ4n) is 2.69. The van der Waals surface area contributed by atoms with Gasteiger partial charge in [0.05, 0.1) is 24.2 Å². The molecule has 1 aromatic carbocycles. The summed E-state index contributed by atoms with van der Waals surface area (Å²) >= 11 is 12.6. The minimum absolute atomic E-state index is 0.0702. The number of imidazole rings is 1. The van der Waals surface area contributed by atoms with Crippen molar-refractivity contribution in [2.24, 2.45) is 7.05 Å².